The summed E-state index contributed by atoms with van der Waals surface area (Å²) in [5.74, 6) is 0. The van der Waals surface area contributed by atoms with Crippen LogP contribution in [-0.4, -0.2) is 17.6 Å². The predicted molar refractivity (Wildman–Crippen MR) is 91.7 cm³/mol. The van der Waals surface area contributed by atoms with Crippen molar-refractivity contribution in [2.75, 3.05) is 6.54 Å². The zero-order valence-corrected chi connectivity index (χ0v) is 13.4. The third-order valence-electron chi connectivity index (χ3n) is 4.10. The zero-order valence-electron chi connectivity index (χ0n) is 13.4. The molecule has 1 aromatic carbocycles. The van der Waals surface area contributed by atoms with Crippen molar-refractivity contribution in [1.82, 2.24) is 10.3 Å². The molecule has 0 bridgehead atoms. The van der Waals surface area contributed by atoms with Gasteiger partial charge in [-0.25, -0.2) is 0 Å². The molecule has 114 valence electrons. The van der Waals surface area contributed by atoms with Crippen molar-refractivity contribution < 1.29 is 0 Å². The van der Waals surface area contributed by atoms with E-state index in [2.05, 4.69) is 54.5 Å². The lowest BCUT2D eigenvalue weighted by Crippen LogP contribution is -2.31. The molecule has 2 aromatic rings. The smallest absolute Gasteiger partial charge is 0.0704 e. The fourth-order valence-electron chi connectivity index (χ4n) is 2.98. The van der Waals surface area contributed by atoms with Gasteiger partial charge in [0, 0.05) is 17.6 Å². The Morgan fingerprint density at radius 1 is 1.05 bits per heavy atom. The van der Waals surface area contributed by atoms with E-state index in [-0.39, 0.29) is 0 Å². The highest BCUT2D eigenvalue weighted by Crippen LogP contribution is 2.19. The van der Waals surface area contributed by atoms with Crippen molar-refractivity contribution in [2.45, 2.75) is 58.4 Å². The van der Waals surface area contributed by atoms with Crippen LogP contribution in [0.5, 0.6) is 0 Å². The van der Waals surface area contributed by atoms with E-state index in [0.717, 1.165) is 18.5 Å². The molecule has 1 atom stereocenters. The summed E-state index contributed by atoms with van der Waals surface area (Å²) in [5.41, 5.74) is 2.53. The highest BCUT2D eigenvalue weighted by atomic mass is 14.9. The summed E-state index contributed by atoms with van der Waals surface area (Å²) >= 11 is 0. The van der Waals surface area contributed by atoms with Gasteiger partial charge >= 0.3 is 0 Å². The third kappa shape index (κ3) is 4.82. The van der Waals surface area contributed by atoms with Gasteiger partial charge in [0.1, 0.15) is 0 Å². The fraction of sp³-hybridized carbons (Fsp3) is 0.526. The van der Waals surface area contributed by atoms with Gasteiger partial charge in [-0.1, -0.05) is 57.7 Å². The van der Waals surface area contributed by atoms with Crippen molar-refractivity contribution in [3.05, 3.63) is 42.1 Å². The first-order valence-electron chi connectivity index (χ1n) is 8.41. The second-order valence-electron chi connectivity index (χ2n) is 5.80. The van der Waals surface area contributed by atoms with Crippen LogP contribution in [0.3, 0.4) is 0 Å². The molecule has 2 heteroatoms. The van der Waals surface area contributed by atoms with E-state index in [1.54, 1.807) is 0 Å². The SMILES string of the molecule is CCCCCCC(Cc1ccnc2ccccc12)NCC. The third-order valence-corrected chi connectivity index (χ3v) is 4.10. The maximum absolute atomic E-state index is 4.46. The molecule has 21 heavy (non-hydrogen) atoms. The number of nitrogens with zero attached hydrogens (tertiary/aromatic N) is 1. The van der Waals surface area contributed by atoms with Gasteiger partial charge in [0.2, 0.25) is 0 Å². The van der Waals surface area contributed by atoms with Crippen LogP contribution in [0.15, 0.2) is 36.5 Å². The number of hydrogen-bond donors (Lipinski definition) is 1. The van der Waals surface area contributed by atoms with Gasteiger partial charge in [-0.15, -0.1) is 0 Å². The Labute approximate surface area is 129 Å². The van der Waals surface area contributed by atoms with Crippen molar-refractivity contribution in [3.8, 4) is 0 Å². The summed E-state index contributed by atoms with van der Waals surface area (Å²) in [6.07, 6.45) is 9.66. The van der Waals surface area contributed by atoms with Crippen LogP contribution in [0, 0.1) is 0 Å². The second kappa shape index (κ2) is 8.78. The Morgan fingerprint density at radius 2 is 1.90 bits per heavy atom. The summed E-state index contributed by atoms with van der Waals surface area (Å²) < 4.78 is 0. The Balaban J connectivity index is 2.04. The van der Waals surface area contributed by atoms with Crippen LogP contribution in [0.1, 0.15) is 51.5 Å². The van der Waals surface area contributed by atoms with Crippen molar-refractivity contribution in [3.63, 3.8) is 0 Å². The maximum atomic E-state index is 4.46. The number of likely N-dealkylation sites (N-methyl/N-ethyl adjacent to an activating group) is 1. The summed E-state index contributed by atoms with van der Waals surface area (Å²) in [6, 6.07) is 11.2. The van der Waals surface area contributed by atoms with Crippen LogP contribution < -0.4 is 5.32 Å². The van der Waals surface area contributed by atoms with Gasteiger partial charge < -0.3 is 5.32 Å². The molecule has 2 nitrogen and oxygen atoms in total. The number of rotatable bonds is 9. The Bertz CT molecular complexity index is 531. The molecule has 0 amide bonds. The first-order chi connectivity index (χ1) is 10.3. The van der Waals surface area contributed by atoms with Crippen LogP contribution in [-0.2, 0) is 6.42 Å². The highest BCUT2D eigenvalue weighted by Gasteiger charge is 2.10. The maximum Gasteiger partial charge on any atom is 0.0704 e. The van der Waals surface area contributed by atoms with E-state index < -0.39 is 0 Å². The van der Waals surface area contributed by atoms with Crippen molar-refractivity contribution in [1.29, 1.82) is 0 Å². The molecule has 0 aliphatic carbocycles. The Hall–Kier alpha value is -1.41. The Kier molecular flexibility index (Phi) is 6.68. The van der Waals surface area contributed by atoms with E-state index >= 15 is 0 Å². The summed E-state index contributed by atoms with van der Waals surface area (Å²) in [4.78, 5) is 4.46. The van der Waals surface area contributed by atoms with Gasteiger partial charge in [0.05, 0.1) is 5.52 Å². The summed E-state index contributed by atoms with van der Waals surface area (Å²) in [6.45, 7) is 5.51. The lowest BCUT2D eigenvalue weighted by Gasteiger charge is -2.19. The second-order valence-corrected chi connectivity index (χ2v) is 5.80. The van der Waals surface area contributed by atoms with E-state index in [1.807, 2.05) is 6.20 Å². The Morgan fingerprint density at radius 3 is 2.71 bits per heavy atom. The number of nitrogens with one attached hydrogen (secondary N) is 1. The molecular formula is C19H28N2. The largest absolute Gasteiger partial charge is 0.314 e. The average Bonchev–Trinajstić information content (AvgIpc) is 2.52. The average molecular weight is 284 g/mol. The normalized spacial score (nSPS) is 12.7. The lowest BCUT2D eigenvalue weighted by molar-refractivity contribution is 0.464. The van der Waals surface area contributed by atoms with Crippen LogP contribution >= 0.6 is 0 Å². The van der Waals surface area contributed by atoms with Gasteiger partial charge in [0.15, 0.2) is 0 Å². The molecule has 0 saturated carbocycles. The van der Waals surface area contributed by atoms with Crippen LogP contribution in [0.2, 0.25) is 0 Å². The first kappa shape index (κ1) is 16.0. The van der Waals surface area contributed by atoms with E-state index in [1.165, 1.54) is 43.1 Å². The van der Waals surface area contributed by atoms with Gasteiger partial charge in [-0.05, 0) is 37.1 Å². The number of benzene rings is 1. The molecule has 1 aromatic heterocycles. The number of pyridine rings is 1. The molecule has 0 saturated heterocycles. The standard InChI is InChI=1S/C19H28N2/c1-3-5-6-7-10-17(20-4-2)15-16-13-14-21-19-12-9-8-11-18(16)19/h8-9,11-14,17,20H,3-7,10,15H2,1-2H3. The van der Waals surface area contributed by atoms with E-state index in [9.17, 15) is 0 Å². The fourth-order valence-corrected chi connectivity index (χ4v) is 2.98. The lowest BCUT2D eigenvalue weighted by atomic mass is 9.97. The molecule has 0 aliphatic heterocycles. The zero-order chi connectivity index (χ0) is 14.9. The van der Waals surface area contributed by atoms with Gasteiger partial charge in [-0.3, -0.25) is 4.98 Å². The number of para-hydroxylation sites is 1. The number of hydrogen-bond acceptors (Lipinski definition) is 2. The molecule has 0 aliphatic rings. The minimum Gasteiger partial charge on any atom is -0.314 e. The van der Waals surface area contributed by atoms with E-state index in [4.69, 9.17) is 0 Å². The molecule has 1 N–H and O–H groups in total. The first-order valence-corrected chi connectivity index (χ1v) is 8.41. The predicted octanol–water partition coefficient (Wildman–Crippen LogP) is 4.73. The van der Waals surface area contributed by atoms with Crippen molar-refractivity contribution >= 4 is 10.9 Å². The van der Waals surface area contributed by atoms with Crippen LogP contribution in [0.4, 0.5) is 0 Å². The molecule has 0 spiro atoms. The molecule has 0 radical (unpaired) electrons. The molecule has 2 rings (SSSR count). The summed E-state index contributed by atoms with van der Waals surface area (Å²) in [7, 11) is 0. The summed E-state index contributed by atoms with van der Waals surface area (Å²) in [5, 5.41) is 4.95. The van der Waals surface area contributed by atoms with Gasteiger partial charge in [-0.2, -0.15) is 0 Å². The minimum atomic E-state index is 0.581. The number of unbranched alkanes of at least 4 members (excludes halogenated alkanes) is 3. The minimum absolute atomic E-state index is 0.581. The number of aromatic nitrogens is 1. The van der Waals surface area contributed by atoms with Crippen molar-refractivity contribution in [2.24, 2.45) is 0 Å². The number of fused-ring (bicyclic) bond motifs is 1. The molecule has 1 unspecified atom stereocenters. The van der Waals surface area contributed by atoms with Gasteiger partial charge in [0.25, 0.3) is 0 Å². The monoisotopic (exact) mass is 284 g/mol. The molecule has 0 fully saturated rings. The highest BCUT2D eigenvalue weighted by molar-refractivity contribution is 5.81. The van der Waals surface area contributed by atoms with Crippen LogP contribution in [0.25, 0.3) is 10.9 Å². The molecule has 1 heterocycles. The quantitative estimate of drug-likeness (QED) is 0.674. The molecular weight excluding hydrogens is 256 g/mol. The van der Waals surface area contributed by atoms with E-state index in [0.29, 0.717) is 6.04 Å². The topological polar surface area (TPSA) is 24.9 Å².